The Labute approximate surface area is 161 Å². The molecular weight excluding hydrogens is 394 g/mol. The van der Waals surface area contributed by atoms with E-state index in [0.717, 1.165) is 17.5 Å². The van der Waals surface area contributed by atoms with E-state index in [2.05, 4.69) is 15.0 Å². The molecule has 9 heteroatoms. The predicted molar refractivity (Wildman–Crippen MR) is 101 cm³/mol. The maximum Gasteiger partial charge on any atom is 0.301 e. The number of nitrogens with two attached hydrogens (primary N) is 1. The molecule has 4 rings (SSSR count). The summed E-state index contributed by atoms with van der Waals surface area (Å²) in [7, 11) is 0. The smallest absolute Gasteiger partial charge is 0.301 e. The zero-order valence-electron chi connectivity index (χ0n) is 14.0. The van der Waals surface area contributed by atoms with Gasteiger partial charge in [0.05, 0.1) is 16.1 Å². The number of rotatable bonds is 4. The topological polar surface area (TPSA) is 77.8 Å². The van der Waals surface area contributed by atoms with Crippen molar-refractivity contribution in [3.63, 3.8) is 0 Å². The Hall–Kier alpha value is -2.58. The lowest BCUT2D eigenvalue weighted by atomic mass is 10.2. The molecule has 0 radical (unpaired) electrons. The number of nitrogen functional groups attached to an aromatic ring is 1. The Bertz CT molecular complexity index is 1140. The average molecular weight is 407 g/mol. The Morgan fingerprint density at radius 3 is 2.78 bits per heavy atom. The van der Waals surface area contributed by atoms with Crippen LogP contribution in [-0.2, 0) is 12.3 Å². The van der Waals surface area contributed by atoms with Gasteiger partial charge in [-0.3, -0.25) is 4.98 Å². The zero-order valence-corrected chi connectivity index (χ0v) is 15.6. The molecule has 0 saturated carbocycles. The number of furan rings is 1. The standard InChI is InChI=1S/C18H13ClF2N4OS/c1-18(20,21)14-5-4-13(26-14)16-24-15(22)10-7-9(27-17(10)25-16)8-12-11(19)3-2-6-23-12/h2-7H,8H2,1H3,(H2,22,24,25). The van der Waals surface area contributed by atoms with Crippen molar-refractivity contribution >= 4 is 39.0 Å². The van der Waals surface area contributed by atoms with Crippen LogP contribution >= 0.6 is 22.9 Å². The molecule has 0 aliphatic rings. The number of hydrogen-bond acceptors (Lipinski definition) is 6. The van der Waals surface area contributed by atoms with Crippen molar-refractivity contribution in [3.05, 3.63) is 57.9 Å². The van der Waals surface area contributed by atoms with Gasteiger partial charge in [0.1, 0.15) is 10.6 Å². The molecule has 0 unspecified atom stereocenters. The third-order valence-corrected chi connectivity index (χ3v) is 5.28. The Morgan fingerprint density at radius 1 is 1.26 bits per heavy atom. The van der Waals surface area contributed by atoms with Gasteiger partial charge >= 0.3 is 5.92 Å². The molecule has 0 aliphatic heterocycles. The van der Waals surface area contributed by atoms with Crippen LogP contribution in [0.1, 0.15) is 23.3 Å². The van der Waals surface area contributed by atoms with Crippen LogP contribution in [0.4, 0.5) is 14.6 Å². The summed E-state index contributed by atoms with van der Waals surface area (Å²) in [5.74, 6) is -2.96. The monoisotopic (exact) mass is 406 g/mol. The van der Waals surface area contributed by atoms with Gasteiger partial charge in [-0.25, -0.2) is 9.97 Å². The second kappa shape index (κ2) is 6.54. The maximum absolute atomic E-state index is 13.4. The minimum atomic E-state index is -3.08. The molecule has 0 spiro atoms. The van der Waals surface area contributed by atoms with Crippen molar-refractivity contribution in [2.24, 2.45) is 0 Å². The first-order valence-corrected chi connectivity index (χ1v) is 9.14. The molecule has 0 aromatic carbocycles. The van der Waals surface area contributed by atoms with Crippen molar-refractivity contribution < 1.29 is 13.2 Å². The molecule has 0 atom stereocenters. The van der Waals surface area contributed by atoms with Crippen LogP contribution in [0.5, 0.6) is 0 Å². The van der Waals surface area contributed by atoms with Gasteiger partial charge in [0, 0.05) is 24.4 Å². The highest BCUT2D eigenvalue weighted by Crippen LogP contribution is 2.34. The SMILES string of the molecule is CC(F)(F)c1ccc(-c2nc(N)c3cc(Cc4ncccc4Cl)sc3n2)o1. The first kappa shape index (κ1) is 17.8. The second-order valence-corrected chi connectivity index (χ2v) is 7.55. The molecule has 0 fully saturated rings. The van der Waals surface area contributed by atoms with Gasteiger partial charge in [0.15, 0.2) is 17.3 Å². The van der Waals surface area contributed by atoms with Crippen molar-refractivity contribution in [2.75, 3.05) is 5.73 Å². The van der Waals surface area contributed by atoms with Crippen LogP contribution in [0.3, 0.4) is 0 Å². The summed E-state index contributed by atoms with van der Waals surface area (Å²) in [5.41, 5.74) is 6.80. The van der Waals surface area contributed by atoms with Crippen LogP contribution in [0.25, 0.3) is 21.8 Å². The van der Waals surface area contributed by atoms with E-state index in [1.54, 1.807) is 18.3 Å². The van der Waals surface area contributed by atoms with Crippen molar-refractivity contribution in [1.82, 2.24) is 15.0 Å². The summed E-state index contributed by atoms with van der Waals surface area (Å²) in [6.07, 6.45) is 2.21. The Kier molecular flexibility index (Phi) is 4.32. The van der Waals surface area contributed by atoms with E-state index in [9.17, 15) is 8.78 Å². The number of thiophene rings is 1. The number of pyridine rings is 1. The number of hydrogen-bond donors (Lipinski definition) is 1. The molecule has 0 saturated heterocycles. The summed E-state index contributed by atoms with van der Waals surface area (Å²) in [6, 6.07) is 8.06. The summed E-state index contributed by atoms with van der Waals surface area (Å²) in [5, 5.41) is 1.27. The molecule has 0 amide bonds. The summed E-state index contributed by atoms with van der Waals surface area (Å²) >= 11 is 7.58. The molecule has 2 N–H and O–H groups in total. The van der Waals surface area contributed by atoms with Gasteiger partial charge in [0.25, 0.3) is 0 Å². The molecule has 27 heavy (non-hydrogen) atoms. The molecule has 0 bridgehead atoms. The highest BCUT2D eigenvalue weighted by molar-refractivity contribution is 7.18. The van der Waals surface area contributed by atoms with Gasteiger partial charge in [-0.05, 0) is 30.3 Å². The van der Waals surface area contributed by atoms with Crippen LogP contribution in [-0.4, -0.2) is 15.0 Å². The molecule has 4 heterocycles. The maximum atomic E-state index is 13.4. The van der Waals surface area contributed by atoms with Gasteiger partial charge in [0.2, 0.25) is 0 Å². The third kappa shape index (κ3) is 3.50. The lowest BCUT2D eigenvalue weighted by Gasteiger charge is -2.05. The van der Waals surface area contributed by atoms with Gasteiger partial charge in [-0.15, -0.1) is 11.3 Å². The number of nitrogens with zero attached hydrogens (tertiary/aromatic N) is 3. The highest BCUT2D eigenvalue weighted by atomic mass is 35.5. The third-order valence-electron chi connectivity index (χ3n) is 3.91. The van der Waals surface area contributed by atoms with E-state index in [0.29, 0.717) is 21.7 Å². The normalized spacial score (nSPS) is 12.0. The number of aromatic nitrogens is 3. The van der Waals surface area contributed by atoms with Gasteiger partial charge < -0.3 is 10.2 Å². The molecule has 138 valence electrons. The molecule has 4 aromatic heterocycles. The van der Waals surface area contributed by atoms with Crippen LogP contribution in [0.15, 0.2) is 40.9 Å². The van der Waals surface area contributed by atoms with Gasteiger partial charge in [-0.2, -0.15) is 8.78 Å². The van der Waals surface area contributed by atoms with E-state index in [4.69, 9.17) is 21.8 Å². The fourth-order valence-corrected chi connectivity index (χ4v) is 3.83. The quantitative estimate of drug-likeness (QED) is 0.498. The number of halogens is 3. The van der Waals surface area contributed by atoms with E-state index < -0.39 is 11.7 Å². The van der Waals surface area contributed by atoms with Gasteiger partial charge in [-0.1, -0.05) is 11.6 Å². The van der Waals surface area contributed by atoms with E-state index in [1.807, 2.05) is 6.07 Å². The van der Waals surface area contributed by atoms with Crippen molar-refractivity contribution in [1.29, 1.82) is 0 Å². The lowest BCUT2D eigenvalue weighted by molar-refractivity contribution is -0.00473. The zero-order chi connectivity index (χ0) is 19.2. The van der Waals surface area contributed by atoms with Crippen molar-refractivity contribution in [2.45, 2.75) is 19.3 Å². The first-order valence-electron chi connectivity index (χ1n) is 7.95. The molecule has 5 nitrogen and oxygen atoms in total. The van der Waals surface area contributed by atoms with E-state index >= 15 is 0 Å². The Balaban J connectivity index is 1.71. The van der Waals surface area contributed by atoms with Crippen LogP contribution < -0.4 is 5.73 Å². The molecule has 4 aromatic rings. The predicted octanol–water partition coefficient (Wildman–Crippen LogP) is 5.28. The number of anilines is 1. The first-order chi connectivity index (χ1) is 12.8. The largest absolute Gasteiger partial charge is 0.451 e. The lowest BCUT2D eigenvalue weighted by Crippen LogP contribution is -2.04. The van der Waals surface area contributed by atoms with E-state index in [1.165, 1.54) is 23.5 Å². The average Bonchev–Trinajstić information content (AvgIpc) is 3.23. The molecule has 0 aliphatic carbocycles. The minimum absolute atomic E-state index is 0.142. The molecular formula is C18H13ClF2N4OS. The van der Waals surface area contributed by atoms with Crippen LogP contribution in [0, 0.1) is 0 Å². The fraction of sp³-hybridized carbons (Fsp3) is 0.167. The van der Waals surface area contributed by atoms with Crippen molar-refractivity contribution in [3.8, 4) is 11.6 Å². The van der Waals surface area contributed by atoms with E-state index in [-0.39, 0.29) is 17.4 Å². The van der Waals surface area contributed by atoms with Crippen LogP contribution in [0.2, 0.25) is 5.02 Å². The highest BCUT2D eigenvalue weighted by Gasteiger charge is 2.29. The fourth-order valence-electron chi connectivity index (χ4n) is 2.60. The second-order valence-electron chi connectivity index (χ2n) is 6.02. The number of fused-ring (bicyclic) bond motifs is 1. The Morgan fingerprint density at radius 2 is 2.07 bits per heavy atom. The summed E-state index contributed by atoms with van der Waals surface area (Å²) in [6.45, 7) is 0.766. The number of alkyl halides is 2. The summed E-state index contributed by atoms with van der Waals surface area (Å²) in [4.78, 5) is 14.5. The summed E-state index contributed by atoms with van der Waals surface area (Å²) < 4.78 is 32.0. The minimum Gasteiger partial charge on any atom is -0.451 e.